The van der Waals surface area contributed by atoms with E-state index in [1.165, 1.54) is 29.2 Å². The zero-order valence-corrected chi connectivity index (χ0v) is 16.0. The number of nitro groups is 1. The number of carbonyl (C=O) groups excluding carboxylic acids is 1. The van der Waals surface area contributed by atoms with Crippen LogP contribution in [0, 0.1) is 15.9 Å². The van der Waals surface area contributed by atoms with Gasteiger partial charge >= 0.3 is 0 Å². The summed E-state index contributed by atoms with van der Waals surface area (Å²) in [5.41, 5.74) is 0.515. The summed E-state index contributed by atoms with van der Waals surface area (Å²) in [4.78, 5) is 26.8. The highest BCUT2D eigenvalue weighted by Crippen LogP contribution is 2.31. The van der Waals surface area contributed by atoms with Crippen molar-refractivity contribution in [3.05, 3.63) is 68.5 Å². The van der Waals surface area contributed by atoms with Crippen LogP contribution in [0.5, 0.6) is 0 Å². The largest absolute Gasteiger partial charge is 0.378 e. The van der Waals surface area contributed by atoms with Gasteiger partial charge in [0, 0.05) is 48.9 Å². The second-order valence-electron chi connectivity index (χ2n) is 6.42. The maximum Gasteiger partial charge on any atom is 0.293 e. The molecule has 0 aliphatic carbocycles. The van der Waals surface area contributed by atoms with Crippen molar-refractivity contribution >= 4 is 28.9 Å². The normalized spacial score (nSPS) is 14.0. The molecule has 2 aromatic carbocycles. The minimum Gasteiger partial charge on any atom is -0.378 e. The Morgan fingerprint density at radius 2 is 2.04 bits per heavy atom. The molecular formula is C19H19ClFN3O4. The highest BCUT2D eigenvalue weighted by atomic mass is 35.5. The van der Waals surface area contributed by atoms with E-state index in [-0.39, 0.29) is 40.0 Å². The van der Waals surface area contributed by atoms with Gasteiger partial charge in [0.2, 0.25) is 0 Å². The summed E-state index contributed by atoms with van der Waals surface area (Å²) in [6, 6.07) is 8.64. The first-order valence-electron chi connectivity index (χ1n) is 8.68. The molecule has 2 aromatic rings. The Kier molecular flexibility index (Phi) is 6.11. The van der Waals surface area contributed by atoms with Crippen molar-refractivity contribution in [2.45, 2.75) is 6.54 Å². The maximum atomic E-state index is 14.1. The Labute approximate surface area is 166 Å². The minimum absolute atomic E-state index is 0.0447. The number of ether oxygens (including phenoxy) is 1. The molecule has 0 unspecified atom stereocenters. The number of anilines is 1. The van der Waals surface area contributed by atoms with Crippen LogP contribution in [0.25, 0.3) is 0 Å². The second kappa shape index (κ2) is 8.53. The average molecular weight is 408 g/mol. The summed E-state index contributed by atoms with van der Waals surface area (Å²) >= 11 is 6.06. The summed E-state index contributed by atoms with van der Waals surface area (Å²) in [5.74, 6) is -0.765. The quantitative estimate of drug-likeness (QED) is 0.560. The van der Waals surface area contributed by atoms with Crippen molar-refractivity contribution in [3.8, 4) is 0 Å². The molecule has 0 aromatic heterocycles. The molecule has 1 aliphatic rings. The number of carbonyl (C=O) groups is 1. The highest BCUT2D eigenvalue weighted by molar-refractivity contribution is 6.31. The topological polar surface area (TPSA) is 75.9 Å². The fourth-order valence-corrected chi connectivity index (χ4v) is 3.30. The van der Waals surface area contributed by atoms with Crippen molar-refractivity contribution < 1.29 is 18.8 Å². The number of rotatable bonds is 5. The molecule has 148 valence electrons. The molecule has 0 radical (unpaired) electrons. The molecule has 0 N–H and O–H groups in total. The summed E-state index contributed by atoms with van der Waals surface area (Å²) in [6.45, 7) is 1.82. The summed E-state index contributed by atoms with van der Waals surface area (Å²) < 4.78 is 19.3. The second-order valence-corrected chi connectivity index (χ2v) is 6.83. The minimum atomic E-state index is -0.551. The van der Waals surface area contributed by atoms with Crippen LogP contribution in [-0.4, -0.2) is 49.1 Å². The number of hydrogen-bond donors (Lipinski definition) is 0. The van der Waals surface area contributed by atoms with Gasteiger partial charge in [-0.25, -0.2) is 4.39 Å². The third-order valence-corrected chi connectivity index (χ3v) is 4.94. The monoisotopic (exact) mass is 407 g/mol. The molecule has 0 bridgehead atoms. The van der Waals surface area contributed by atoms with Gasteiger partial charge < -0.3 is 14.5 Å². The number of nitrogens with zero attached hydrogens (tertiary/aromatic N) is 3. The van der Waals surface area contributed by atoms with Crippen LogP contribution in [0.15, 0.2) is 36.4 Å². The van der Waals surface area contributed by atoms with E-state index in [0.717, 1.165) is 0 Å². The van der Waals surface area contributed by atoms with Gasteiger partial charge in [0.25, 0.3) is 11.6 Å². The van der Waals surface area contributed by atoms with E-state index in [4.69, 9.17) is 16.3 Å². The lowest BCUT2D eigenvalue weighted by molar-refractivity contribution is -0.384. The molecule has 7 nitrogen and oxygen atoms in total. The fourth-order valence-electron chi connectivity index (χ4n) is 3.08. The molecule has 1 fully saturated rings. The van der Waals surface area contributed by atoms with E-state index in [2.05, 4.69) is 0 Å². The van der Waals surface area contributed by atoms with Gasteiger partial charge in [-0.2, -0.15) is 0 Å². The first-order valence-corrected chi connectivity index (χ1v) is 9.05. The molecule has 0 atom stereocenters. The summed E-state index contributed by atoms with van der Waals surface area (Å²) in [6.07, 6.45) is 0. The van der Waals surface area contributed by atoms with Crippen molar-refractivity contribution in [1.82, 2.24) is 4.90 Å². The predicted octanol–water partition coefficient (Wildman–Crippen LogP) is 3.50. The summed E-state index contributed by atoms with van der Waals surface area (Å²) in [7, 11) is 1.61. The lowest BCUT2D eigenvalue weighted by atomic mass is 10.1. The Bertz CT molecular complexity index is 882. The molecule has 0 saturated carbocycles. The van der Waals surface area contributed by atoms with E-state index in [1.54, 1.807) is 24.1 Å². The zero-order valence-electron chi connectivity index (χ0n) is 15.2. The van der Waals surface area contributed by atoms with Gasteiger partial charge in [0.1, 0.15) is 11.5 Å². The lowest BCUT2D eigenvalue weighted by Gasteiger charge is -2.27. The first-order chi connectivity index (χ1) is 13.4. The maximum absolute atomic E-state index is 14.1. The van der Waals surface area contributed by atoms with E-state index in [9.17, 15) is 19.3 Å². The Morgan fingerprint density at radius 1 is 1.32 bits per heavy atom. The molecular weight excluding hydrogens is 389 g/mol. The van der Waals surface area contributed by atoms with Gasteiger partial charge in [0.15, 0.2) is 0 Å². The third kappa shape index (κ3) is 4.23. The zero-order chi connectivity index (χ0) is 20.3. The molecule has 1 aliphatic heterocycles. The molecule has 1 heterocycles. The SMILES string of the molecule is CN(Cc1c(F)cccc1Cl)c1ccc(C(=O)N2CCOCC2)cc1[N+](=O)[O-]. The molecule has 1 saturated heterocycles. The average Bonchev–Trinajstić information content (AvgIpc) is 2.70. The Morgan fingerprint density at radius 3 is 2.68 bits per heavy atom. The van der Waals surface area contributed by atoms with Crippen LogP contribution in [0.2, 0.25) is 5.02 Å². The van der Waals surface area contributed by atoms with Crippen molar-refractivity contribution in [2.24, 2.45) is 0 Å². The molecule has 1 amide bonds. The molecule has 9 heteroatoms. The third-order valence-electron chi connectivity index (χ3n) is 4.59. The van der Waals surface area contributed by atoms with Crippen LogP contribution < -0.4 is 4.90 Å². The van der Waals surface area contributed by atoms with E-state index in [1.807, 2.05) is 0 Å². The van der Waals surface area contributed by atoms with Crippen LogP contribution in [0.3, 0.4) is 0 Å². The number of amides is 1. The van der Waals surface area contributed by atoms with Gasteiger partial charge in [-0.05, 0) is 24.3 Å². The number of halogens is 2. The summed E-state index contributed by atoms with van der Waals surface area (Å²) in [5, 5.41) is 11.8. The van der Waals surface area contributed by atoms with Gasteiger partial charge in [-0.15, -0.1) is 0 Å². The number of benzene rings is 2. The van der Waals surface area contributed by atoms with E-state index in [0.29, 0.717) is 26.3 Å². The highest BCUT2D eigenvalue weighted by Gasteiger charge is 2.24. The number of nitro benzene ring substituents is 1. The smallest absolute Gasteiger partial charge is 0.293 e. The Hall–Kier alpha value is -2.71. The van der Waals surface area contributed by atoms with Crippen molar-refractivity contribution in [2.75, 3.05) is 38.3 Å². The van der Waals surface area contributed by atoms with Crippen LogP contribution >= 0.6 is 11.6 Å². The standard InChI is InChI=1S/C19H19ClFN3O4/c1-22(12-14-15(20)3-2-4-16(14)21)17-6-5-13(11-18(17)24(26)27)19(25)23-7-9-28-10-8-23/h2-6,11H,7-10,12H2,1H3. The first kappa shape index (κ1) is 20.0. The van der Waals surface area contributed by atoms with Gasteiger partial charge in [-0.3, -0.25) is 14.9 Å². The van der Waals surface area contributed by atoms with Crippen LogP contribution in [0.4, 0.5) is 15.8 Å². The van der Waals surface area contributed by atoms with E-state index >= 15 is 0 Å². The number of hydrogen-bond acceptors (Lipinski definition) is 5. The van der Waals surface area contributed by atoms with Crippen LogP contribution in [-0.2, 0) is 11.3 Å². The Balaban J connectivity index is 1.88. The predicted molar refractivity (Wildman–Crippen MR) is 103 cm³/mol. The van der Waals surface area contributed by atoms with Crippen molar-refractivity contribution in [1.29, 1.82) is 0 Å². The lowest BCUT2D eigenvalue weighted by Crippen LogP contribution is -2.40. The van der Waals surface area contributed by atoms with Crippen LogP contribution in [0.1, 0.15) is 15.9 Å². The van der Waals surface area contributed by atoms with Gasteiger partial charge in [0.05, 0.1) is 18.1 Å². The molecule has 28 heavy (non-hydrogen) atoms. The molecule has 3 rings (SSSR count). The fraction of sp³-hybridized carbons (Fsp3) is 0.316. The van der Waals surface area contributed by atoms with Gasteiger partial charge in [-0.1, -0.05) is 17.7 Å². The van der Waals surface area contributed by atoms with Crippen molar-refractivity contribution in [3.63, 3.8) is 0 Å². The van der Waals surface area contributed by atoms with E-state index < -0.39 is 10.7 Å². The molecule has 0 spiro atoms. The number of morpholine rings is 1.